The van der Waals surface area contributed by atoms with Crippen LogP contribution in [-0.2, 0) is 0 Å². The van der Waals surface area contributed by atoms with Gasteiger partial charge in [-0.1, -0.05) is 11.6 Å². The molecular weight excluding hydrogens is 385 g/mol. The number of carbonyl (C=O) groups excluding carboxylic acids is 1. The summed E-state index contributed by atoms with van der Waals surface area (Å²) in [6, 6.07) is 15.8. The number of hydrogen-bond donors (Lipinski definition) is 1. The molecule has 3 rings (SSSR count). The summed E-state index contributed by atoms with van der Waals surface area (Å²) in [6.07, 6.45) is 0. The zero-order chi connectivity index (χ0) is 20.1. The van der Waals surface area contributed by atoms with Crippen LogP contribution in [0.5, 0.6) is 23.0 Å². The number of ether oxygens (including phenoxy) is 3. The Morgan fingerprint density at radius 2 is 1.57 bits per heavy atom. The molecule has 0 fully saturated rings. The second-order valence-corrected chi connectivity index (χ2v) is 6.16. The van der Waals surface area contributed by atoms with Gasteiger partial charge in [0.2, 0.25) is 0 Å². The fourth-order valence-corrected chi connectivity index (χ4v) is 2.63. The van der Waals surface area contributed by atoms with Crippen molar-refractivity contribution in [3.8, 4) is 23.0 Å². The molecule has 0 aliphatic rings. The van der Waals surface area contributed by atoms with Gasteiger partial charge in [-0.05, 0) is 60.7 Å². The van der Waals surface area contributed by atoms with Gasteiger partial charge in [0.15, 0.2) is 17.3 Å². The van der Waals surface area contributed by atoms with Crippen molar-refractivity contribution in [3.05, 3.63) is 77.1 Å². The highest BCUT2D eigenvalue weighted by Gasteiger charge is 2.14. The van der Waals surface area contributed by atoms with E-state index in [2.05, 4.69) is 5.32 Å². The van der Waals surface area contributed by atoms with Crippen molar-refractivity contribution >= 4 is 23.2 Å². The Hall–Kier alpha value is -3.25. The number of methoxy groups -OCH3 is 2. The van der Waals surface area contributed by atoms with E-state index in [1.54, 1.807) is 49.6 Å². The second kappa shape index (κ2) is 8.63. The number of nitrogens with one attached hydrogen (secondary N) is 1. The predicted molar refractivity (Wildman–Crippen MR) is 105 cm³/mol. The van der Waals surface area contributed by atoms with Crippen LogP contribution >= 0.6 is 11.6 Å². The topological polar surface area (TPSA) is 56.8 Å². The summed E-state index contributed by atoms with van der Waals surface area (Å²) in [4.78, 5) is 12.5. The predicted octanol–water partition coefficient (Wildman–Crippen LogP) is 5.54. The van der Waals surface area contributed by atoms with Crippen molar-refractivity contribution in [2.45, 2.75) is 0 Å². The Balaban J connectivity index is 1.83. The van der Waals surface area contributed by atoms with E-state index in [4.69, 9.17) is 25.8 Å². The summed E-state index contributed by atoms with van der Waals surface area (Å²) in [5.74, 6) is 0.548. The smallest absolute Gasteiger partial charge is 0.255 e. The van der Waals surface area contributed by atoms with Gasteiger partial charge < -0.3 is 19.5 Å². The molecule has 144 valence electrons. The molecule has 0 spiro atoms. The minimum absolute atomic E-state index is 0.0582. The van der Waals surface area contributed by atoms with Crippen LogP contribution in [0.25, 0.3) is 0 Å². The number of amides is 1. The van der Waals surface area contributed by atoms with E-state index in [9.17, 15) is 9.18 Å². The third-order valence-electron chi connectivity index (χ3n) is 3.89. The molecule has 28 heavy (non-hydrogen) atoms. The van der Waals surface area contributed by atoms with E-state index in [-0.39, 0.29) is 11.3 Å². The van der Waals surface area contributed by atoms with Crippen LogP contribution < -0.4 is 19.5 Å². The molecule has 0 radical (unpaired) electrons. The summed E-state index contributed by atoms with van der Waals surface area (Å²) in [5.41, 5.74) is 0.484. The number of anilines is 1. The number of benzene rings is 3. The minimum atomic E-state index is -0.629. The van der Waals surface area contributed by atoms with Crippen LogP contribution in [0, 0.1) is 5.82 Å². The van der Waals surface area contributed by atoms with Crippen molar-refractivity contribution < 1.29 is 23.4 Å². The quantitative estimate of drug-likeness (QED) is 0.589. The first-order valence-electron chi connectivity index (χ1n) is 8.26. The van der Waals surface area contributed by atoms with Crippen LogP contribution in [0.2, 0.25) is 5.02 Å². The third-order valence-corrected chi connectivity index (χ3v) is 4.13. The lowest BCUT2D eigenvalue weighted by Gasteiger charge is -2.13. The van der Waals surface area contributed by atoms with Crippen molar-refractivity contribution in [1.82, 2.24) is 0 Å². The first-order chi connectivity index (χ1) is 13.5. The van der Waals surface area contributed by atoms with Gasteiger partial charge in [-0.15, -0.1) is 0 Å². The minimum Gasteiger partial charge on any atom is -0.497 e. The Morgan fingerprint density at radius 3 is 2.21 bits per heavy atom. The highest BCUT2D eigenvalue weighted by Crippen LogP contribution is 2.33. The SMILES string of the molecule is COc1ccc(Oc2ccc(Cl)cc2NC(=O)c2ccc(OC)c(F)c2)cc1. The van der Waals surface area contributed by atoms with E-state index in [0.29, 0.717) is 28.0 Å². The Morgan fingerprint density at radius 1 is 0.893 bits per heavy atom. The average Bonchev–Trinajstić information content (AvgIpc) is 2.70. The van der Waals surface area contributed by atoms with Crippen LogP contribution in [-0.4, -0.2) is 20.1 Å². The van der Waals surface area contributed by atoms with E-state index in [1.807, 2.05) is 0 Å². The monoisotopic (exact) mass is 401 g/mol. The molecule has 1 N–H and O–H groups in total. The van der Waals surface area contributed by atoms with E-state index < -0.39 is 11.7 Å². The molecule has 0 saturated carbocycles. The van der Waals surface area contributed by atoms with Crippen LogP contribution in [0.4, 0.5) is 10.1 Å². The lowest BCUT2D eigenvalue weighted by molar-refractivity contribution is 0.102. The molecule has 0 heterocycles. The molecule has 7 heteroatoms. The van der Waals surface area contributed by atoms with Crippen LogP contribution in [0.1, 0.15) is 10.4 Å². The summed E-state index contributed by atoms with van der Waals surface area (Å²) in [7, 11) is 2.93. The fourth-order valence-electron chi connectivity index (χ4n) is 2.46. The third kappa shape index (κ3) is 4.53. The molecule has 0 saturated heterocycles. The molecule has 0 aromatic heterocycles. The average molecular weight is 402 g/mol. The molecule has 0 unspecified atom stereocenters. The van der Waals surface area contributed by atoms with Gasteiger partial charge in [0.05, 0.1) is 19.9 Å². The highest BCUT2D eigenvalue weighted by atomic mass is 35.5. The fraction of sp³-hybridized carbons (Fsp3) is 0.0952. The van der Waals surface area contributed by atoms with Crippen LogP contribution in [0.15, 0.2) is 60.7 Å². The van der Waals surface area contributed by atoms with Gasteiger partial charge in [-0.2, -0.15) is 0 Å². The molecule has 1 amide bonds. The maximum absolute atomic E-state index is 13.9. The van der Waals surface area contributed by atoms with Crippen molar-refractivity contribution in [1.29, 1.82) is 0 Å². The Bertz CT molecular complexity index is 992. The van der Waals surface area contributed by atoms with Gasteiger partial charge in [-0.25, -0.2) is 4.39 Å². The summed E-state index contributed by atoms with van der Waals surface area (Å²) < 4.78 is 29.7. The highest BCUT2D eigenvalue weighted by molar-refractivity contribution is 6.31. The first-order valence-corrected chi connectivity index (χ1v) is 8.64. The molecule has 3 aromatic carbocycles. The number of rotatable bonds is 6. The Labute approximate surface area is 166 Å². The van der Waals surface area contributed by atoms with Gasteiger partial charge in [0.1, 0.15) is 11.5 Å². The molecule has 0 atom stereocenters. The number of halogens is 2. The van der Waals surface area contributed by atoms with Crippen LogP contribution in [0.3, 0.4) is 0 Å². The van der Waals surface area contributed by atoms with Gasteiger partial charge >= 0.3 is 0 Å². The van der Waals surface area contributed by atoms with Gasteiger partial charge in [0.25, 0.3) is 5.91 Å². The zero-order valence-corrected chi connectivity index (χ0v) is 15.9. The molecule has 0 aliphatic carbocycles. The summed E-state index contributed by atoms with van der Waals surface area (Å²) in [5, 5.41) is 3.11. The molecule has 3 aromatic rings. The Kier molecular flexibility index (Phi) is 6.01. The number of carbonyl (C=O) groups is 1. The summed E-state index contributed by atoms with van der Waals surface area (Å²) >= 11 is 6.05. The normalized spacial score (nSPS) is 10.3. The van der Waals surface area contributed by atoms with Gasteiger partial charge in [0, 0.05) is 10.6 Å². The van der Waals surface area contributed by atoms with Crippen molar-refractivity contribution in [2.75, 3.05) is 19.5 Å². The molecule has 0 aliphatic heterocycles. The zero-order valence-electron chi connectivity index (χ0n) is 15.2. The lowest BCUT2D eigenvalue weighted by Crippen LogP contribution is -2.13. The van der Waals surface area contributed by atoms with E-state index in [1.165, 1.54) is 19.2 Å². The lowest BCUT2D eigenvalue weighted by atomic mass is 10.2. The van der Waals surface area contributed by atoms with E-state index in [0.717, 1.165) is 6.07 Å². The number of hydrogen-bond acceptors (Lipinski definition) is 4. The maximum Gasteiger partial charge on any atom is 0.255 e. The largest absolute Gasteiger partial charge is 0.497 e. The molecule has 0 bridgehead atoms. The second-order valence-electron chi connectivity index (χ2n) is 5.72. The molecule has 5 nitrogen and oxygen atoms in total. The first kappa shape index (κ1) is 19.5. The van der Waals surface area contributed by atoms with Gasteiger partial charge in [-0.3, -0.25) is 4.79 Å². The maximum atomic E-state index is 13.9. The summed E-state index contributed by atoms with van der Waals surface area (Å²) in [6.45, 7) is 0. The van der Waals surface area contributed by atoms with Crippen molar-refractivity contribution in [2.24, 2.45) is 0 Å². The van der Waals surface area contributed by atoms with E-state index >= 15 is 0 Å². The molecular formula is C21H17ClFNO4. The standard InChI is InChI=1S/C21H17ClFNO4/c1-26-15-5-7-16(8-6-15)28-20-10-4-14(22)12-18(20)24-21(25)13-3-9-19(27-2)17(23)11-13/h3-12H,1-2H3,(H,24,25). The van der Waals surface area contributed by atoms with Crippen molar-refractivity contribution in [3.63, 3.8) is 0 Å².